The van der Waals surface area contributed by atoms with Crippen LogP contribution in [0.15, 0.2) is 60.7 Å². The lowest BCUT2D eigenvalue weighted by molar-refractivity contribution is -0.118. The van der Waals surface area contributed by atoms with Crippen LogP contribution in [-0.2, 0) is 14.2 Å². The third kappa shape index (κ3) is 5.67. The highest BCUT2D eigenvalue weighted by Crippen LogP contribution is 2.32. The molecule has 3 atom stereocenters. The smallest absolute Gasteiger partial charge is 0.338 e. The third-order valence-corrected chi connectivity index (χ3v) is 5.79. The fraction of sp³-hybridized carbons (Fsp3) is 0.364. The Bertz CT molecular complexity index is 765. The van der Waals surface area contributed by atoms with Gasteiger partial charge in [-0.1, -0.05) is 60.3 Å². The fourth-order valence-electron chi connectivity index (χ4n) is 3.16. The summed E-state index contributed by atoms with van der Waals surface area (Å²) in [6, 6.07) is 18.2. The van der Waals surface area contributed by atoms with E-state index in [-0.39, 0.29) is 36.0 Å². The zero-order valence-corrected chi connectivity index (χ0v) is 16.6. The van der Waals surface area contributed by atoms with Crippen LogP contribution >= 0.6 is 11.8 Å². The van der Waals surface area contributed by atoms with Gasteiger partial charge in [0, 0.05) is 31.3 Å². The number of esters is 1. The van der Waals surface area contributed by atoms with Crippen LogP contribution in [0.25, 0.3) is 0 Å². The number of thioether (sulfide) groups is 1. The van der Waals surface area contributed by atoms with E-state index in [0.29, 0.717) is 23.3 Å². The normalized spacial score (nSPS) is 21.4. The van der Waals surface area contributed by atoms with Crippen molar-refractivity contribution in [3.8, 4) is 0 Å². The van der Waals surface area contributed by atoms with Gasteiger partial charge < -0.3 is 14.2 Å². The molecule has 0 amide bonds. The van der Waals surface area contributed by atoms with Crippen molar-refractivity contribution in [2.75, 3.05) is 19.5 Å². The van der Waals surface area contributed by atoms with Gasteiger partial charge in [0.1, 0.15) is 0 Å². The summed E-state index contributed by atoms with van der Waals surface area (Å²) in [5.74, 6) is 0.468. The maximum Gasteiger partial charge on any atom is 0.338 e. The average molecular weight is 400 g/mol. The molecule has 1 aliphatic heterocycles. The van der Waals surface area contributed by atoms with Gasteiger partial charge >= 0.3 is 5.97 Å². The summed E-state index contributed by atoms with van der Waals surface area (Å²) in [5, 5.41) is 0.0516. The molecule has 0 N–H and O–H groups in total. The molecule has 5 nitrogen and oxygen atoms in total. The minimum Gasteiger partial charge on any atom is -0.462 e. The van der Waals surface area contributed by atoms with Gasteiger partial charge in [-0.05, 0) is 18.1 Å². The van der Waals surface area contributed by atoms with Crippen LogP contribution in [-0.4, -0.2) is 42.9 Å². The Morgan fingerprint density at radius 3 is 2.32 bits per heavy atom. The van der Waals surface area contributed by atoms with Crippen molar-refractivity contribution in [2.45, 2.75) is 25.2 Å². The molecule has 1 unspecified atom stereocenters. The molecule has 1 aliphatic rings. The van der Waals surface area contributed by atoms with Gasteiger partial charge in [-0.15, -0.1) is 0 Å². The number of carbonyl (C=O) groups is 2. The van der Waals surface area contributed by atoms with Crippen molar-refractivity contribution < 1.29 is 23.8 Å². The van der Waals surface area contributed by atoms with Gasteiger partial charge in [0.25, 0.3) is 0 Å². The molecule has 0 aliphatic carbocycles. The van der Waals surface area contributed by atoms with Crippen LogP contribution in [0, 0.1) is 5.92 Å². The number of hydrogen-bond donors (Lipinski definition) is 0. The minimum atomic E-state index is -0.341. The Labute approximate surface area is 169 Å². The highest BCUT2D eigenvalue weighted by Gasteiger charge is 2.35. The molecule has 1 heterocycles. The molecule has 0 radical (unpaired) electrons. The summed E-state index contributed by atoms with van der Waals surface area (Å²) in [4.78, 5) is 24.4. The Morgan fingerprint density at radius 1 is 1.04 bits per heavy atom. The largest absolute Gasteiger partial charge is 0.462 e. The zero-order chi connectivity index (χ0) is 19.8. The minimum absolute atomic E-state index is 0.0516. The summed E-state index contributed by atoms with van der Waals surface area (Å²) in [5.41, 5.74) is 1.23. The Balaban J connectivity index is 1.49. The van der Waals surface area contributed by atoms with Crippen molar-refractivity contribution >= 4 is 22.8 Å². The van der Waals surface area contributed by atoms with Crippen molar-refractivity contribution in [1.82, 2.24) is 0 Å². The number of hydrogen-bond acceptors (Lipinski definition) is 6. The van der Waals surface area contributed by atoms with Gasteiger partial charge in [-0.25, -0.2) is 4.79 Å². The Kier molecular flexibility index (Phi) is 7.65. The second-order valence-corrected chi connectivity index (χ2v) is 7.58. The predicted molar refractivity (Wildman–Crippen MR) is 108 cm³/mol. The topological polar surface area (TPSA) is 61.8 Å². The second kappa shape index (κ2) is 10.4. The second-order valence-electron chi connectivity index (χ2n) is 6.59. The van der Waals surface area contributed by atoms with Crippen LogP contribution < -0.4 is 0 Å². The summed E-state index contributed by atoms with van der Waals surface area (Å²) in [6.45, 7) is 0.266. The molecular weight excluding hydrogens is 376 g/mol. The van der Waals surface area contributed by atoms with Gasteiger partial charge in [0.2, 0.25) is 5.12 Å². The number of carbonyl (C=O) groups excluding carboxylic acids is 2. The fourth-order valence-corrected chi connectivity index (χ4v) is 4.18. The van der Waals surface area contributed by atoms with Gasteiger partial charge in [0.15, 0.2) is 6.29 Å². The van der Waals surface area contributed by atoms with Crippen molar-refractivity contribution in [2.24, 2.45) is 5.92 Å². The number of rotatable bonds is 8. The maximum atomic E-state index is 12.3. The number of ether oxygens (including phenoxy) is 3. The Hall–Kier alpha value is -2.15. The summed E-state index contributed by atoms with van der Waals surface area (Å²) in [7, 11) is 1.61. The molecule has 3 rings (SSSR count). The van der Waals surface area contributed by atoms with Gasteiger partial charge in [-0.2, -0.15) is 0 Å². The lowest BCUT2D eigenvalue weighted by Gasteiger charge is -2.17. The first kappa shape index (κ1) is 20.6. The van der Waals surface area contributed by atoms with Crippen molar-refractivity contribution in [3.05, 3.63) is 71.8 Å². The molecule has 1 fully saturated rings. The first-order valence-electron chi connectivity index (χ1n) is 9.30. The van der Waals surface area contributed by atoms with E-state index in [4.69, 9.17) is 14.2 Å². The van der Waals surface area contributed by atoms with Crippen LogP contribution in [0.1, 0.15) is 33.6 Å². The van der Waals surface area contributed by atoms with Crippen LogP contribution in [0.4, 0.5) is 0 Å². The lowest BCUT2D eigenvalue weighted by atomic mass is 10.0. The maximum absolute atomic E-state index is 12.3. The van der Waals surface area contributed by atoms with E-state index in [9.17, 15) is 9.59 Å². The van der Waals surface area contributed by atoms with E-state index in [1.165, 1.54) is 11.8 Å². The molecular formula is C22H24O5S. The predicted octanol–water partition coefficient (Wildman–Crippen LogP) is 4.18. The molecule has 0 saturated carbocycles. The van der Waals surface area contributed by atoms with E-state index in [2.05, 4.69) is 0 Å². The summed E-state index contributed by atoms with van der Waals surface area (Å²) in [6.07, 6.45) is 0.906. The molecule has 2 aromatic rings. The zero-order valence-electron chi connectivity index (χ0n) is 15.8. The number of benzene rings is 2. The highest BCUT2D eigenvalue weighted by atomic mass is 32.2. The molecule has 2 aromatic carbocycles. The van der Waals surface area contributed by atoms with Crippen LogP contribution in [0.2, 0.25) is 0 Å². The molecule has 0 bridgehead atoms. The monoisotopic (exact) mass is 400 g/mol. The molecule has 1 saturated heterocycles. The van der Waals surface area contributed by atoms with Gasteiger partial charge in [-0.3, -0.25) is 4.79 Å². The van der Waals surface area contributed by atoms with E-state index in [1.54, 1.807) is 31.4 Å². The van der Waals surface area contributed by atoms with Crippen molar-refractivity contribution in [3.63, 3.8) is 0 Å². The van der Waals surface area contributed by atoms with E-state index in [0.717, 1.165) is 6.42 Å². The highest BCUT2D eigenvalue weighted by molar-refractivity contribution is 8.14. The van der Waals surface area contributed by atoms with E-state index in [1.807, 2.05) is 36.4 Å². The van der Waals surface area contributed by atoms with Crippen molar-refractivity contribution in [1.29, 1.82) is 0 Å². The molecule has 28 heavy (non-hydrogen) atoms. The average Bonchev–Trinajstić information content (AvgIpc) is 3.15. The quantitative estimate of drug-likeness (QED) is 0.620. The van der Waals surface area contributed by atoms with Gasteiger partial charge in [0.05, 0.1) is 18.3 Å². The summed E-state index contributed by atoms with van der Waals surface area (Å²) >= 11 is 1.30. The summed E-state index contributed by atoms with van der Waals surface area (Å²) < 4.78 is 16.6. The van der Waals surface area contributed by atoms with E-state index < -0.39 is 0 Å². The number of methoxy groups -OCH3 is 1. The molecule has 0 spiro atoms. The standard InChI is InChI=1S/C22H24O5S/c1-25-20-14-18(15-28-22(24)17-10-6-3-7-11-17)19(27-20)12-13-26-21(23)16-8-4-2-5-9-16/h2-11,18-20H,12-15H2,1H3/t18-,19-,20?/m1/s1. The van der Waals surface area contributed by atoms with Crippen LogP contribution in [0.3, 0.4) is 0 Å². The van der Waals surface area contributed by atoms with E-state index >= 15 is 0 Å². The first-order valence-corrected chi connectivity index (χ1v) is 10.3. The molecule has 6 heteroatoms. The SMILES string of the molecule is COC1C[C@H](CSC(=O)c2ccccc2)[C@@H](CCOC(=O)c2ccccc2)O1. The Morgan fingerprint density at radius 2 is 1.68 bits per heavy atom. The molecule has 0 aromatic heterocycles. The lowest BCUT2D eigenvalue weighted by Crippen LogP contribution is -2.22. The van der Waals surface area contributed by atoms with Crippen LogP contribution in [0.5, 0.6) is 0 Å². The molecule has 148 valence electrons. The first-order chi connectivity index (χ1) is 13.7. The third-order valence-electron chi connectivity index (χ3n) is 4.69.